The Labute approximate surface area is 97.2 Å². The van der Waals surface area contributed by atoms with Gasteiger partial charge in [-0.05, 0) is 43.9 Å². The van der Waals surface area contributed by atoms with Crippen LogP contribution in [0.3, 0.4) is 0 Å². The van der Waals surface area contributed by atoms with Gasteiger partial charge in [0, 0.05) is 0 Å². The lowest BCUT2D eigenvalue weighted by molar-refractivity contribution is 0.359. The van der Waals surface area contributed by atoms with Gasteiger partial charge in [-0.25, -0.2) is 0 Å². The summed E-state index contributed by atoms with van der Waals surface area (Å²) < 4.78 is 0. The van der Waals surface area contributed by atoms with Gasteiger partial charge in [-0.1, -0.05) is 52.7 Å². The molecule has 0 aliphatic heterocycles. The molecule has 15 heavy (non-hydrogen) atoms. The molecule has 0 aliphatic carbocycles. The lowest BCUT2D eigenvalue weighted by atomic mass is 9.77. The molecule has 0 rings (SSSR count). The molecule has 0 heteroatoms. The van der Waals surface area contributed by atoms with Gasteiger partial charge in [-0.15, -0.1) is 0 Å². The lowest BCUT2D eigenvalue weighted by Crippen LogP contribution is -2.16. The lowest BCUT2D eigenvalue weighted by Gasteiger charge is -2.28. The van der Waals surface area contributed by atoms with Crippen LogP contribution in [-0.4, -0.2) is 0 Å². The highest BCUT2D eigenvalue weighted by Gasteiger charge is 2.21. The maximum absolute atomic E-state index is 4.42. The van der Waals surface area contributed by atoms with Crippen molar-refractivity contribution in [1.29, 1.82) is 0 Å². The Balaban J connectivity index is 4.62. The van der Waals surface area contributed by atoms with E-state index in [1.54, 1.807) is 5.57 Å². The molecule has 1 atom stereocenters. The molecule has 0 nitrogen and oxygen atoms in total. The summed E-state index contributed by atoms with van der Waals surface area (Å²) >= 11 is 0. The van der Waals surface area contributed by atoms with Gasteiger partial charge in [0.2, 0.25) is 0 Å². The summed E-state index contributed by atoms with van der Waals surface area (Å²) in [7, 11) is 0. The third-order valence-electron chi connectivity index (χ3n) is 3.05. The zero-order valence-corrected chi connectivity index (χ0v) is 11.4. The van der Waals surface area contributed by atoms with Gasteiger partial charge >= 0.3 is 0 Å². The number of allylic oxidation sites excluding steroid dienone is 2. The fraction of sp³-hybridized carbons (Fsp3) is 0.800. The van der Waals surface area contributed by atoms with Crippen LogP contribution in [0.15, 0.2) is 11.6 Å². The first-order chi connectivity index (χ1) is 6.97. The predicted molar refractivity (Wildman–Crippen MR) is 70.8 cm³/mol. The molecular formula is C15H29. The number of hydrogen-bond acceptors (Lipinski definition) is 0. The molecule has 0 aromatic carbocycles. The minimum Gasteiger partial charge on any atom is -0.0791 e. The summed E-state index contributed by atoms with van der Waals surface area (Å²) in [5, 5.41) is 0. The molecule has 0 saturated carbocycles. The van der Waals surface area contributed by atoms with Gasteiger partial charge in [-0.2, -0.15) is 0 Å². The van der Waals surface area contributed by atoms with Gasteiger partial charge in [0.15, 0.2) is 0 Å². The van der Waals surface area contributed by atoms with E-state index in [1.165, 1.54) is 25.7 Å². The minimum atomic E-state index is 0.175. The fourth-order valence-corrected chi connectivity index (χ4v) is 2.22. The first-order valence-corrected chi connectivity index (χ1v) is 6.53. The Morgan fingerprint density at radius 1 is 1.27 bits per heavy atom. The van der Waals surface area contributed by atoms with Crippen molar-refractivity contribution in [2.24, 2.45) is 11.3 Å². The maximum atomic E-state index is 4.42. The average molecular weight is 209 g/mol. The van der Waals surface area contributed by atoms with E-state index in [9.17, 15) is 0 Å². The van der Waals surface area contributed by atoms with Gasteiger partial charge in [0.05, 0.1) is 0 Å². The van der Waals surface area contributed by atoms with E-state index in [1.807, 2.05) is 0 Å². The molecule has 0 aromatic rings. The van der Waals surface area contributed by atoms with Crippen LogP contribution in [0.2, 0.25) is 0 Å². The Morgan fingerprint density at radius 2 is 1.87 bits per heavy atom. The summed E-state index contributed by atoms with van der Waals surface area (Å²) in [5.74, 6) is 0.735. The monoisotopic (exact) mass is 209 g/mol. The molecule has 0 amide bonds. The van der Waals surface area contributed by atoms with Crippen molar-refractivity contribution in [3.05, 3.63) is 18.6 Å². The Morgan fingerprint density at radius 3 is 2.20 bits per heavy atom. The summed E-state index contributed by atoms with van der Waals surface area (Å²) in [6.07, 6.45) is 8.49. The molecule has 0 spiro atoms. The Hall–Kier alpha value is -0.260. The summed E-state index contributed by atoms with van der Waals surface area (Å²) in [4.78, 5) is 0. The molecule has 1 radical (unpaired) electrons. The van der Waals surface area contributed by atoms with Crippen LogP contribution in [0.1, 0.15) is 66.7 Å². The highest BCUT2D eigenvalue weighted by molar-refractivity contribution is 5.11. The van der Waals surface area contributed by atoms with Crippen molar-refractivity contribution < 1.29 is 0 Å². The van der Waals surface area contributed by atoms with E-state index >= 15 is 0 Å². The van der Waals surface area contributed by atoms with E-state index in [0.29, 0.717) is 0 Å². The Kier molecular flexibility index (Phi) is 6.96. The largest absolute Gasteiger partial charge is 0.0791 e. The van der Waals surface area contributed by atoms with Crippen molar-refractivity contribution in [2.45, 2.75) is 66.7 Å². The standard InChI is InChI=1S/C15H29/c1-7-10-14(8-2)12-15(6,9-3)11-13(4)5/h12-13H,6-11H2,1-5H3/b14-12+. The normalized spacial score (nSPS) is 16.9. The van der Waals surface area contributed by atoms with Crippen molar-refractivity contribution in [3.8, 4) is 0 Å². The van der Waals surface area contributed by atoms with Crippen LogP contribution < -0.4 is 0 Å². The van der Waals surface area contributed by atoms with Crippen molar-refractivity contribution in [1.82, 2.24) is 0 Å². The first-order valence-electron chi connectivity index (χ1n) is 6.53. The zero-order valence-electron chi connectivity index (χ0n) is 11.4. The SMILES string of the molecule is [CH2]C(/C=C(\CC)CCC)(CC)CC(C)C. The van der Waals surface area contributed by atoms with E-state index in [-0.39, 0.29) is 5.41 Å². The molecular weight excluding hydrogens is 180 g/mol. The van der Waals surface area contributed by atoms with Crippen LogP contribution in [0.5, 0.6) is 0 Å². The quantitative estimate of drug-likeness (QED) is 0.492. The molecule has 0 bridgehead atoms. The van der Waals surface area contributed by atoms with Crippen LogP contribution >= 0.6 is 0 Å². The van der Waals surface area contributed by atoms with E-state index < -0.39 is 0 Å². The molecule has 0 fully saturated rings. The molecule has 0 aliphatic rings. The number of hydrogen-bond donors (Lipinski definition) is 0. The molecule has 0 aromatic heterocycles. The van der Waals surface area contributed by atoms with Crippen LogP contribution in [0, 0.1) is 18.3 Å². The fourth-order valence-electron chi connectivity index (χ4n) is 2.22. The summed E-state index contributed by atoms with van der Waals surface area (Å²) in [5.41, 5.74) is 1.77. The van der Waals surface area contributed by atoms with Gasteiger partial charge in [0.25, 0.3) is 0 Å². The van der Waals surface area contributed by atoms with Crippen LogP contribution in [-0.2, 0) is 0 Å². The maximum Gasteiger partial charge on any atom is -0.0115 e. The molecule has 89 valence electrons. The highest BCUT2D eigenvalue weighted by atomic mass is 14.3. The smallest absolute Gasteiger partial charge is 0.0115 e. The van der Waals surface area contributed by atoms with Crippen LogP contribution in [0.4, 0.5) is 0 Å². The zero-order chi connectivity index (χ0) is 11.9. The highest BCUT2D eigenvalue weighted by Crippen LogP contribution is 2.33. The topological polar surface area (TPSA) is 0 Å². The predicted octanol–water partition coefficient (Wildman–Crippen LogP) is 5.40. The first kappa shape index (κ1) is 14.7. The minimum absolute atomic E-state index is 0.175. The van der Waals surface area contributed by atoms with E-state index in [0.717, 1.165) is 12.3 Å². The molecule has 0 saturated heterocycles. The van der Waals surface area contributed by atoms with Gasteiger partial charge in [0.1, 0.15) is 0 Å². The van der Waals surface area contributed by atoms with Crippen LogP contribution in [0.25, 0.3) is 0 Å². The second-order valence-corrected chi connectivity index (χ2v) is 5.22. The molecule has 0 N–H and O–H groups in total. The second-order valence-electron chi connectivity index (χ2n) is 5.22. The van der Waals surface area contributed by atoms with Crippen molar-refractivity contribution >= 4 is 0 Å². The number of rotatable bonds is 7. The average Bonchev–Trinajstić information content (AvgIpc) is 2.16. The van der Waals surface area contributed by atoms with E-state index in [2.05, 4.69) is 47.6 Å². The van der Waals surface area contributed by atoms with E-state index in [4.69, 9.17) is 0 Å². The second kappa shape index (κ2) is 7.09. The van der Waals surface area contributed by atoms with Gasteiger partial charge in [-0.3, -0.25) is 0 Å². The summed E-state index contributed by atoms with van der Waals surface area (Å²) in [6, 6.07) is 0. The molecule has 1 unspecified atom stereocenters. The Bertz CT molecular complexity index is 188. The summed E-state index contributed by atoms with van der Waals surface area (Å²) in [6.45, 7) is 15.8. The van der Waals surface area contributed by atoms with Crippen molar-refractivity contribution in [3.63, 3.8) is 0 Å². The third-order valence-corrected chi connectivity index (χ3v) is 3.05. The molecule has 0 heterocycles. The van der Waals surface area contributed by atoms with Gasteiger partial charge < -0.3 is 0 Å². The van der Waals surface area contributed by atoms with Crippen molar-refractivity contribution in [2.75, 3.05) is 0 Å². The third kappa shape index (κ3) is 6.02.